The standard InChI is InChI=1S/C11H23NO3Si/c1-5-10(13)6-7-12-11(14)15-8-9-16(2,3)4/h5-9H2,1-4H3,(H,12,14). The van der Waals surface area contributed by atoms with E-state index < -0.39 is 14.2 Å². The third kappa shape index (κ3) is 9.70. The third-order valence-electron chi connectivity index (χ3n) is 2.15. The number of Topliss-reactive ketones (excluding diaryl/α,β-unsaturated/α-hetero) is 1. The monoisotopic (exact) mass is 245 g/mol. The van der Waals surface area contributed by atoms with Crippen LogP contribution >= 0.6 is 0 Å². The van der Waals surface area contributed by atoms with Crippen molar-refractivity contribution in [3.63, 3.8) is 0 Å². The van der Waals surface area contributed by atoms with E-state index in [0.29, 0.717) is 26.0 Å². The van der Waals surface area contributed by atoms with E-state index in [-0.39, 0.29) is 5.78 Å². The van der Waals surface area contributed by atoms with Crippen LogP contribution in [0.2, 0.25) is 25.7 Å². The van der Waals surface area contributed by atoms with Crippen LogP contribution in [-0.4, -0.2) is 33.1 Å². The molecule has 0 aliphatic heterocycles. The van der Waals surface area contributed by atoms with E-state index >= 15 is 0 Å². The number of hydrogen-bond acceptors (Lipinski definition) is 3. The number of ketones is 1. The van der Waals surface area contributed by atoms with Gasteiger partial charge < -0.3 is 10.1 Å². The molecule has 5 heteroatoms. The molecule has 0 fully saturated rings. The Balaban J connectivity index is 3.49. The molecular formula is C11H23NO3Si. The maximum atomic E-state index is 11.2. The van der Waals surface area contributed by atoms with E-state index in [1.54, 1.807) is 0 Å². The van der Waals surface area contributed by atoms with Crippen molar-refractivity contribution in [1.29, 1.82) is 0 Å². The molecule has 0 aliphatic carbocycles. The Morgan fingerprint density at radius 1 is 1.25 bits per heavy atom. The van der Waals surface area contributed by atoms with Crippen molar-refractivity contribution in [2.45, 2.75) is 45.5 Å². The molecule has 0 atom stereocenters. The van der Waals surface area contributed by atoms with Crippen molar-refractivity contribution in [2.75, 3.05) is 13.2 Å². The number of hydrogen-bond donors (Lipinski definition) is 1. The Bertz CT molecular complexity index is 236. The summed E-state index contributed by atoms with van der Waals surface area (Å²) >= 11 is 0. The van der Waals surface area contributed by atoms with Crippen LogP contribution in [-0.2, 0) is 9.53 Å². The third-order valence-corrected chi connectivity index (χ3v) is 3.86. The number of amides is 1. The van der Waals surface area contributed by atoms with Crippen LogP contribution in [0.25, 0.3) is 0 Å². The highest BCUT2D eigenvalue weighted by atomic mass is 28.3. The number of ether oxygens (including phenoxy) is 1. The molecule has 0 saturated carbocycles. The fourth-order valence-corrected chi connectivity index (χ4v) is 1.70. The van der Waals surface area contributed by atoms with Gasteiger partial charge in [-0.2, -0.15) is 0 Å². The van der Waals surface area contributed by atoms with Gasteiger partial charge >= 0.3 is 6.09 Å². The highest BCUT2D eigenvalue weighted by molar-refractivity contribution is 6.76. The summed E-state index contributed by atoms with van der Waals surface area (Å²) in [5, 5.41) is 2.57. The van der Waals surface area contributed by atoms with Crippen LogP contribution in [0, 0.1) is 0 Å². The molecule has 0 unspecified atom stereocenters. The Morgan fingerprint density at radius 3 is 2.38 bits per heavy atom. The summed E-state index contributed by atoms with van der Waals surface area (Å²) in [7, 11) is -1.14. The Morgan fingerprint density at radius 2 is 1.88 bits per heavy atom. The molecule has 0 aromatic carbocycles. The van der Waals surface area contributed by atoms with Gasteiger partial charge in [0.2, 0.25) is 0 Å². The number of carbonyl (C=O) groups excluding carboxylic acids is 2. The minimum atomic E-state index is -1.14. The highest BCUT2D eigenvalue weighted by Gasteiger charge is 2.13. The molecule has 94 valence electrons. The molecule has 1 N–H and O–H groups in total. The zero-order valence-corrected chi connectivity index (χ0v) is 11.8. The minimum absolute atomic E-state index is 0.155. The SMILES string of the molecule is CCC(=O)CCNC(=O)OCC[Si](C)(C)C. The summed E-state index contributed by atoms with van der Waals surface area (Å²) in [5.41, 5.74) is 0. The molecule has 0 radical (unpaired) electrons. The fourth-order valence-electron chi connectivity index (χ4n) is 0.982. The first kappa shape index (κ1) is 15.2. The zero-order valence-electron chi connectivity index (χ0n) is 10.8. The molecule has 4 nitrogen and oxygen atoms in total. The molecule has 0 aromatic rings. The number of carbonyl (C=O) groups is 2. The van der Waals surface area contributed by atoms with Gasteiger partial charge in [0, 0.05) is 27.5 Å². The van der Waals surface area contributed by atoms with Crippen LogP contribution in [0.3, 0.4) is 0 Å². The van der Waals surface area contributed by atoms with Crippen molar-refractivity contribution in [3.05, 3.63) is 0 Å². The summed E-state index contributed by atoms with van der Waals surface area (Å²) in [5.74, 6) is 0.155. The summed E-state index contributed by atoms with van der Waals surface area (Å²) in [6, 6.07) is 0.967. The Hall–Kier alpha value is -0.843. The Kier molecular flexibility index (Phi) is 7.04. The summed E-state index contributed by atoms with van der Waals surface area (Å²) < 4.78 is 5.01. The van der Waals surface area contributed by atoms with Gasteiger partial charge in [-0.15, -0.1) is 0 Å². The zero-order chi connectivity index (χ0) is 12.6. The van der Waals surface area contributed by atoms with Gasteiger partial charge in [0.1, 0.15) is 5.78 Å². The normalized spacial score (nSPS) is 11.0. The molecule has 0 aliphatic rings. The van der Waals surface area contributed by atoms with Crippen LogP contribution in [0.15, 0.2) is 0 Å². The van der Waals surface area contributed by atoms with Gasteiger partial charge in [0.25, 0.3) is 0 Å². The molecule has 0 rings (SSSR count). The lowest BCUT2D eigenvalue weighted by Crippen LogP contribution is -2.29. The number of alkyl carbamates (subject to hydrolysis) is 1. The van der Waals surface area contributed by atoms with Crippen LogP contribution in [0.5, 0.6) is 0 Å². The second kappa shape index (κ2) is 7.43. The molecule has 1 amide bonds. The van der Waals surface area contributed by atoms with Gasteiger partial charge in [-0.1, -0.05) is 26.6 Å². The lowest BCUT2D eigenvalue weighted by atomic mass is 10.2. The first-order valence-electron chi connectivity index (χ1n) is 5.77. The minimum Gasteiger partial charge on any atom is -0.450 e. The van der Waals surface area contributed by atoms with Gasteiger partial charge in [-0.05, 0) is 6.04 Å². The van der Waals surface area contributed by atoms with E-state index in [2.05, 4.69) is 25.0 Å². The first-order valence-corrected chi connectivity index (χ1v) is 9.48. The van der Waals surface area contributed by atoms with E-state index in [1.165, 1.54) is 0 Å². The average molecular weight is 245 g/mol. The largest absolute Gasteiger partial charge is 0.450 e. The first-order chi connectivity index (χ1) is 7.35. The van der Waals surface area contributed by atoms with Crippen molar-refractivity contribution >= 4 is 20.0 Å². The molecule has 0 aromatic heterocycles. The smallest absolute Gasteiger partial charge is 0.407 e. The topological polar surface area (TPSA) is 55.4 Å². The van der Waals surface area contributed by atoms with E-state index in [4.69, 9.17) is 4.74 Å². The molecule has 0 spiro atoms. The van der Waals surface area contributed by atoms with Crippen LogP contribution < -0.4 is 5.32 Å². The maximum absolute atomic E-state index is 11.2. The average Bonchev–Trinajstić information content (AvgIpc) is 2.15. The molecule has 0 saturated heterocycles. The quantitative estimate of drug-likeness (QED) is 0.701. The summed E-state index contributed by atoms with van der Waals surface area (Å²) in [6.45, 7) is 9.35. The predicted molar refractivity (Wildman–Crippen MR) is 67.4 cm³/mol. The summed E-state index contributed by atoms with van der Waals surface area (Å²) in [6.07, 6.45) is 0.494. The van der Waals surface area contributed by atoms with Crippen molar-refractivity contribution in [2.24, 2.45) is 0 Å². The lowest BCUT2D eigenvalue weighted by molar-refractivity contribution is -0.118. The lowest BCUT2D eigenvalue weighted by Gasteiger charge is -2.15. The molecular weight excluding hydrogens is 222 g/mol. The second-order valence-electron chi connectivity index (χ2n) is 5.02. The van der Waals surface area contributed by atoms with Crippen molar-refractivity contribution < 1.29 is 14.3 Å². The van der Waals surface area contributed by atoms with E-state index in [1.807, 2.05) is 6.92 Å². The number of nitrogens with one attached hydrogen (secondary N) is 1. The molecule has 16 heavy (non-hydrogen) atoms. The van der Waals surface area contributed by atoms with Gasteiger partial charge in [-0.3, -0.25) is 4.79 Å². The second-order valence-corrected chi connectivity index (χ2v) is 10.6. The summed E-state index contributed by atoms with van der Waals surface area (Å²) in [4.78, 5) is 22.1. The van der Waals surface area contributed by atoms with Crippen molar-refractivity contribution in [3.8, 4) is 0 Å². The predicted octanol–water partition coefficient (Wildman–Crippen LogP) is 2.42. The maximum Gasteiger partial charge on any atom is 0.407 e. The van der Waals surface area contributed by atoms with E-state index in [0.717, 1.165) is 6.04 Å². The van der Waals surface area contributed by atoms with Gasteiger partial charge in [0.15, 0.2) is 0 Å². The van der Waals surface area contributed by atoms with Gasteiger partial charge in [0.05, 0.1) is 6.61 Å². The number of rotatable bonds is 7. The van der Waals surface area contributed by atoms with E-state index in [9.17, 15) is 9.59 Å². The van der Waals surface area contributed by atoms with Gasteiger partial charge in [-0.25, -0.2) is 4.79 Å². The van der Waals surface area contributed by atoms with Crippen LogP contribution in [0.4, 0.5) is 4.79 Å². The molecule has 0 bridgehead atoms. The molecule has 0 heterocycles. The van der Waals surface area contributed by atoms with Crippen molar-refractivity contribution in [1.82, 2.24) is 5.32 Å². The highest BCUT2D eigenvalue weighted by Crippen LogP contribution is 2.07. The van der Waals surface area contributed by atoms with Crippen LogP contribution in [0.1, 0.15) is 19.8 Å². The fraction of sp³-hybridized carbons (Fsp3) is 0.818. The Labute approximate surface area is 98.8 Å².